The number of alkyl halides is 3. The maximum absolute atomic E-state index is 12.4. The summed E-state index contributed by atoms with van der Waals surface area (Å²) >= 11 is 0. The Labute approximate surface area is 86.6 Å². The van der Waals surface area contributed by atoms with Gasteiger partial charge in [-0.1, -0.05) is 13.8 Å². The van der Waals surface area contributed by atoms with Crippen molar-refractivity contribution in [2.45, 2.75) is 33.4 Å². The molecule has 0 aliphatic carbocycles. The number of aryl methyl sites for hydroxylation is 1. The predicted octanol–water partition coefficient (Wildman–Crippen LogP) is 3.00. The molecule has 1 aromatic heterocycles. The van der Waals surface area contributed by atoms with E-state index in [2.05, 4.69) is 9.97 Å². The molecule has 0 aliphatic heterocycles. The average molecular weight is 218 g/mol. The number of hydrogen-bond acceptors (Lipinski definition) is 2. The standard InChI is InChI=1S/C10H13F3N2/c1-6(2)4-9-14-7(3)5-8(15-9)10(11,12)13/h5-6H,4H2,1-3H3. The molecule has 0 amide bonds. The van der Waals surface area contributed by atoms with Crippen molar-refractivity contribution in [3.8, 4) is 0 Å². The van der Waals surface area contributed by atoms with Crippen molar-refractivity contribution in [1.82, 2.24) is 9.97 Å². The fraction of sp³-hybridized carbons (Fsp3) is 0.600. The molecule has 0 N–H and O–H groups in total. The molecular formula is C10H13F3N2. The summed E-state index contributed by atoms with van der Waals surface area (Å²) in [4.78, 5) is 7.49. The Bertz CT molecular complexity index is 345. The lowest BCUT2D eigenvalue weighted by molar-refractivity contribution is -0.141. The van der Waals surface area contributed by atoms with Crippen LogP contribution in [0.15, 0.2) is 6.07 Å². The van der Waals surface area contributed by atoms with Crippen molar-refractivity contribution in [3.05, 3.63) is 23.3 Å². The van der Waals surface area contributed by atoms with Crippen molar-refractivity contribution in [3.63, 3.8) is 0 Å². The third kappa shape index (κ3) is 3.49. The summed E-state index contributed by atoms with van der Waals surface area (Å²) in [6.45, 7) is 5.37. The van der Waals surface area contributed by atoms with E-state index in [1.165, 1.54) is 0 Å². The Balaban J connectivity index is 3.06. The molecule has 0 aromatic carbocycles. The van der Waals surface area contributed by atoms with E-state index in [1.54, 1.807) is 6.92 Å². The topological polar surface area (TPSA) is 25.8 Å². The summed E-state index contributed by atoms with van der Waals surface area (Å²) in [6.07, 6.45) is -3.93. The first kappa shape index (κ1) is 11.9. The SMILES string of the molecule is Cc1cc(C(F)(F)F)nc(CC(C)C)n1. The van der Waals surface area contributed by atoms with Crippen LogP contribution >= 0.6 is 0 Å². The Hall–Kier alpha value is -1.13. The molecule has 0 saturated carbocycles. The summed E-state index contributed by atoms with van der Waals surface area (Å²) in [7, 11) is 0. The second-order valence-electron chi connectivity index (χ2n) is 3.91. The van der Waals surface area contributed by atoms with Gasteiger partial charge in [-0.05, 0) is 18.9 Å². The van der Waals surface area contributed by atoms with Crippen molar-refractivity contribution in [1.29, 1.82) is 0 Å². The van der Waals surface area contributed by atoms with Gasteiger partial charge in [0.2, 0.25) is 0 Å². The summed E-state index contributed by atoms with van der Waals surface area (Å²) < 4.78 is 37.2. The van der Waals surface area contributed by atoms with Crippen LogP contribution in [0.3, 0.4) is 0 Å². The fourth-order valence-electron chi connectivity index (χ4n) is 1.23. The van der Waals surface area contributed by atoms with E-state index in [0.29, 0.717) is 12.1 Å². The zero-order valence-corrected chi connectivity index (χ0v) is 8.89. The van der Waals surface area contributed by atoms with Gasteiger partial charge in [0, 0.05) is 12.1 Å². The monoisotopic (exact) mass is 218 g/mol. The zero-order chi connectivity index (χ0) is 11.6. The second kappa shape index (κ2) is 4.16. The first-order chi connectivity index (χ1) is 6.79. The normalized spacial score (nSPS) is 12.2. The van der Waals surface area contributed by atoms with Crippen LogP contribution in [0.2, 0.25) is 0 Å². The highest BCUT2D eigenvalue weighted by Gasteiger charge is 2.33. The highest BCUT2D eigenvalue weighted by atomic mass is 19.4. The van der Waals surface area contributed by atoms with E-state index in [9.17, 15) is 13.2 Å². The van der Waals surface area contributed by atoms with Crippen LogP contribution in [0.1, 0.15) is 31.1 Å². The quantitative estimate of drug-likeness (QED) is 0.762. The molecule has 0 bridgehead atoms. The van der Waals surface area contributed by atoms with Gasteiger partial charge in [0.05, 0.1) is 0 Å². The predicted molar refractivity (Wildman–Crippen MR) is 50.3 cm³/mol. The van der Waals surface area contributed by atoms with E-state index in [1.807, 2.05) is 13.8 Å². The van der Waals surface area contributed by atoms with E-state index < -0.39 is 11.9 Å². The highest BCUT2D eigenvalue weighted by Crippen LogP contribution is 2.27. The molecule has 0 unspecified atom stereocenters. The minimum atomic E-state index is -4.39. The van der Waals surface area contributed by atoms with E-state index in [-0.39, 0.29) is 11.7 Å². The number of hydrogen-bond donors (Lipinski definition) is 0. The fourth-order valence-corrected chi connectivity index (χ4v) is 1.23. The minimum Gasteiger partial charge on any atom is -0.238 e. The van der Waals surface area contributed by atoms with Crippen molar-refractivity contribution >= 4 is 0 Å². The summed E-state index contributed by atoms with van der Waals surface area (Å²) in [5.41, 5.74) is -0.501. The minimum absolute atomic E-state index is 0.243. The van der Waals surface area contributed by atoms with Gasteiger partial charge in [0.25, 0.3) is 0 Å². The molecule has 0 radical (unpaired) electrons. The zero-order valence-electron chi connectivity index (χ0n) is 8.89. The van der Waals surface area contributed by atoms with Gasteiger partial charge in [0.15, 0.2) is 0 Å². The molecule has 0 spiro atoms. The third-order valence-electron chi connectivity index (χ3n) is 1.78. The van der Waals surface area contributed by atoms with Gasteiger partial charge in [-0.2, -0.15) is 13.2 Å². The number of nitrogens with zero attached hydrogens (tertiary/aromatic N) is 2. The summed E-state index contributed by atoms with van der Waals surface area (Å²) in [6, 6.07) is 0.962. The van der Waals surface area contributed by atoms with Gasteiger partial charge in [-0.15, -0.1) is 0 Å². The first-order valence-corrected chi connectivity index (χ1v) is 4.71. The number of halogens is 3. The first-order valence-electron chi connectivity index (χ1n) is 4.71. The second-order valence-corrected chi connectivity index (χ2v) is 3.91. The molecule has 0 fully saturated rings. The van der Waals surface area contributed by atoms with Gasteiger partial charge < -0.3 is 0 Å². The third-order valence-corrected chi connectivity index (χ3v) is 1.78. The van der Waals surface area contributed by atoms with Crippen molar-refractivity contribution in [2.75, 3.05) is 0 Å². The average Bonchev–Trinajstić information content (AvgIpc) is 1.99. The van der Waals surface area contributed by atoms with Crippen LogP contribution in [0, 0.1) is 12.8 Å². The van der Waals surface area contributed by atoms with E-state index in [0.717, 1.165) is 6.07 Å². The molecule has 0 atom stereocenters. The van der Waals surface area contributed by atoms with Crippen LogP contribution in [0.4, 0.5) is 13.2 Å². The molecule has 1 aromatic rings. The van der Waals surface area contributed by atoms with Gasteiger partial charge in [0.1, 0.15) is 11.5 Å². The van der Waals surface area contributed by atoms with E-state index >= 15 is 0 Å². The molecule has 1 rings (SSSR count). The van der Waals surface area contributed by atoms with Crippen LogP contribution < -0.4 is 0 Å². The lowest BCUT2D eigenvalue weighted by Gasteiger charge is -2.09. The van der Waals surface area contributed by atoms with Crippen LogP contribution in [0.25, 0.3) is 0 Å². The Kier molecular flexibility index (Phi) is 3.31. The lowest BCUT2D eigenvalue weighted by atomic mass is 10.1. The van der Waals surface area contributed by atoms with Crippen LogP contribution in [-0.2, 0) is 12.6 Å². The van der Waals surface area contributed by atoms with Crippen LogP contribution in [0.5, 0.6) is 0 Å². The van der Waals surface area contributed by atoms with Crippen molar-refractivity contribution < 1.29 is 13.2 Å². The highest BCUT2D eigenvalue weighted by molar-refractivity contribution is 5.13. The molecule has 0 aliphatic rings. The summed E-state index contributed by atoms with van der Waals surface area (Å²) in [5.74, 6) is 0.505. The van der Waals surface area contributed by atoms with Gasteiger partial charge in [-0.3, -0.25) is 0 Å². The Morgan fingerprint density at radius 2 is 1.87 bits per heavy atom. The largest absolute Gasteiger partial charge is 0.433 e. The van der Waals surface area contributed by atoms with Gasteiger partial charge in [-0.25, -0.2) is 9.97 Å². The molecule has 84 valence electrons. The van der Waals surface area contributed by atoms with Crippen molar-refractivity contribution in [2.24, 2.45) is 5.92 Å². The number of rotatable bonds is 2. The molecule has 2 nitrogen and oxygen atoms in total. The molecule has 0 saturated heterocycles. The Morgan fingerprint density at radius 1 is 1.27 bits per heavy atom. The molecule has 5 heteroatoms. The smallest absolute Gasteiger partial charge is 0.238 e. The molecule has 1 heterocycles. The van der Waals surface area contributed by atoms with Gasteiger partial charge >= 0.3 is 6.18 Å². The Morgan fingerprint density at radius 3 is 2.33 bits per heavy atom. The number of aromatic nitrogens is 2. The lowest BCUT2D eigenvalue weighted by Crippen LogP contribution is -2.12. The molecule has 15 heavy (non-hydrogen) atoms. The summed E-state index contributed by atoms with van der Waals surface area (Å²) in [5, 5.41) is 0. The maximum atomic E-state index is 12.4. The van der Waals surface area contributed by atoms with Crippen LogP contribution in [-0.4, -0.2) is 9.97 Å². The molecular weight excluding hydrogens is 205 g/mol. The van der Waals surface area contributed by atoms with E-state index in [4.69, 9.17) is 0 Å². The maximum Gasteiger partial charge on any atom is 0.433 e.